The SMILES string of the molecule is CC(=O)OC[C@H]1O[C@H](OCCCCNC(=O)OCC2c3ccccc3-c3ccccc32)[C@@H](CC(=O)O)[C@H](OC(C)=O)[C@H]1OC(C)=O. The molecule has 2 aromatic rings. The molecule has 1 aliphatic carbocycles. The van der Waals surface area contributed by atoms with Gasteiger partial charge in [0.1, 0.15) is 25.4 Å². The quantitative estimate of drug-likeness (QED) is 0.175. The van der Waals surface area contributed by atoms with E-state index in [0.29, 0.717) is 19.4 Å². The Hall–Kier alpha value is -4.49. The predicted molar refractivity (Wildman–Crippen MR) is 160 cm³/mol. The lowest BCUT2D eigenvalue weighted by Gasteiger charge is -2.44. The molecule has 0 bridgehead atoms. The molecule has 1 saturated heterocycles. The van der Waals surface area contributed by atoms with Gasteiger partial charge in [0.2, 0.25) is 0 Å². The van der Waals surface area contributed by atoms with Gasteiger partial charge in [0.15, 0.2) is 12.4 Å². The van der Waals surface area contributed by atoms with Gasteiger partial charge in [0, 0.05) is 39.8 Å². The molecule has 1 heterocycles. The largest absolute Gasteiger partial charge is 0.481 e. The first-order valence-corrected chi connectivity index (χ1v) is 15.1. The average Bonchev–Trinajstić information content (AvgIpc) is 3.32. The van der Waals surface area contributed by atoms with E-state index in [0.717, 1.165) is 36.1 Å². The maximum atomic E-state index is 12.5. The van der Waals surface area contributed by atoms with E-state index in [-0.39, 0.29) is 25.7 Å². The van der Waals surface area contributed by atoms with Gasteiger partial charge in [-0.2, -0.15) is 0 Å². The van der Waals surface area contributed by atoms with Crippen LogP contribution >= 0.6 is 0 Å². The van der Waals surface area contributed by atoms with Crippen LogP contribution < -0.4 is 5.32 Å². The molecular formula is C33H39NO12. The van der Waals surface area contributed by atoms with Crippen LogP contribution in [0.5, 0.6) is 0 Å². The van der Waals surface area contributed by atoms with Crippen LogP contribution in [0.3, 0.4) is 0 Å². The van der Waals surface area contributed by atoms with Crippen LogP contribution in [0.25, 0.3) is 11.1 Å². The Bertz CT molecular complexity index is 1370. The van der Waals surface area contributed by atoms with Gasteiger partial charge < -0.3 is 38.8 Å². The second-order valence-electron chi connectivity index (χ2n) is 11.1. The Kier molecular flexibility index (Phi) is 12.1. The van der Waals surface area contributed by atoms with Crippen LogP contribution in [-0.4, -0.2) is 86.0 Å². The van der Waals surface area contributed by atoms with E-state index >= 15 is 0 Å². The Morgan fingerprint density at radius 3 is 1.98 bits per heavy atom. The highest BCUT2D eigenvalue weighted by atomic mass is 16.7. The van der Waals surface area contributed by atoms with Crippen LogP contribution in [0, 0.1) is 5.92 Å². The fourth-order valence-corrected chi connectivity index (χ4v) is 5.82. The number of hydrogen-bond donors (Lipinski definition) is 2. The van der Waals surface area contributed by atoms with Crippen molar-refractivity contribution in [3.05, 3.63) is 59.7 Å². The molecule has 0 spiro atoms. The fourth-order valence-electron chi connectivity index (χ4n) is 5.82. The Morgan fingerprint density at radius 1 is 0.783 bits per heavy atom. The monoisotopic (exact) mass is 641 g/mol. The number of rotatable bonds is 14. The van der Waals surface area contributed by atoms with Gasteiger partial charge >= 0.3 is 30.0 Å². The third-order valence-electron chi connectivity index (χ3n) is 7.70. The Balaban J connectivity index is 1.29. The van der Waals surface area contributed by atoms with Crippen LogP contribution in [0.4, 0.5) is 4.79 Å². The van der Waals surface area contributed by atoms with Gasteiger partial charge in [-0.3, -0.25) is 19.2 Å². The summed E-state index contributed by atoms with van der Waals surface area (Å²) in [5.74, 6) is -4.39. The van der Waals surface area contributed by atoms with E-state index in [1.165, 1.54) is 6.92 Å². The van der Waals surface area contributed by atoms with Crippen molar-refractivity contribution in [3.63, 3.8) is 0 Å². The number of benzene rings is 2. The van der Waals surface area contributed by atoms with E-state index < -0.39 is 66.9 Å². The van der Waals surface area contributed by atoms with E-state index in [1.54, 1.807) is 0 Å². The molecule has 2 N–H and O–H groups in total. The predicted octanol–water partition coefficient (Wildman–Crippen LogP) is 3.56. The minimum absolute atomic E-state index is 0.0540. The van der Waals surface area contributed by atoms with Crippen molar-refractivity contribution < 1.29 is 57.5 Å². The van der Waals surface area contributed by atoms with E-state index in [2.05, 4.69) is 17.4 Å². The molecule has 5 atom stereocenters. The third kappa shape index (κ3) is 9.04. The number of nitrogens with one attached hydrogen (secondary N) is 1. The Labute approximate surface area is 266 Å². The molecule has 1 fully saturated rings. The number of ether oxygens (including phenoxy) is 6. The summed E-state index contributed by atoms with van der Waals surface area (Å²) in [7, 11) is 0. The molecule has 2 aromatic carbocycles. The fraction of sp³-hybridized carbons (Fsp3) is 0.485. The zero-order chi connectivity index (χ0) is 33.2. The topological polar surface area (TPSA) is 173 Å². The number of hydrogen-bond acceptors (Lipinski definition) is 11. The molecule has 0 saturated carbocycles. The molecular weight excluding hydrogens is 602 g/mol. The second-order valence-corrected chi connectivity index (χ2v) is 11.1. The lowest BCUT2D eigenvalue weighted by Crippen LogP contribution is -2.59. The molecule has 0 radical (unpaired) electrons. The molecule has 13 nitrogen and oxygen atoms in total. The lowest BCUT2D eigenvalue weighted by molar-refractivity contribution is -0.292. The van der Waals surface area contributed by atoms with Gasteiger partial charge in [-0.05, 0) is 35.1 Å². The first-order valence-electron chi connectivity index (χ1n) is 15.1. The van der Waals surface area contributed by atoms with E-state index in [4.69, 9.17) is 28.4 Å². The number of carboxylic acids is 1. The van der Waals surface area contributed by atoms with Crippen LogP contribution in [0.1, 0.15) is 57.1 Å². The van der Waals surface area contributed by atoms with E-state index in [9.17, 15) is 29.1 Å². The van der Waals surface area contributed by atoms with Crippen molar-refractivity contribution in [1.82, 2.24) is 5.32 Å². The average molecular weight is 642 g/mol. The summed E-state index contributed by atoms with van der Waals surface area (Å²) in [6, 6.07) is 16.1. The van der Waals surface area contributed by atoms with Crippen LogP contribution in [-0.2, 0) is 47.6 Å². The number of aliphatic carboxylic acids is 1. The molecule has 4 rings (SSSR count). The van der Waals surface area contributed by atoms with Crippen molar-refractivity contribution in [1.29, 1.82) is 0 Å². The van der Waals surface area contributed by atoms with Crippen molar-refractivity contribution in [3.8, 4) is 11.1 Å². The van der Waals surface area contributed by atoms with Gasteiger partial charge in [-0.15, -0.1) is 0 Å². The van der Waals surface area contributed by atoms with Crippen LogP contribution in [0.15, 0.2) is 48.5 Å². The summed E-state index contributed by atoms with van der Waals surface area (Å²) in [4.78, 5) is 59.5. The molecule has 0 unspecified atom stereocenters. The summed E-state index contributed by atoms with van der Waals surface area (Å²) in [5.41, 5.74) is 4.51. The van der Waals surface area contributed by atoms with Gasteiger partial charge in [0.05, 0.1) is 12.3 Å². The number of amides is 1. The lowest BCUT2D eigenvalue weighted by atomic mass is 9.88. The van der Waals surface area contributed by atoms with Crippen molar-refractivity contribution >= 4 is 30.0 Å². The first kappa shape index (κ1) is 34.4. The minimum atomic E-state index is -1.24. The molecule has 13 heteroatoms. The van der Waals surface area contributed by atoms with E-state index in [1.807, 2.05) is 36.4 Å². The highest BCUT2D eigenvalue weighted by Gasteiger charge is 2.51. The number of fused-ring (bicyclic) bond motifs is 3. The van der Waals surface area contributed by atoms with Crippen molar-refractivity contribution in [2.75, 3.05) is 26.4 Å². The number of carbonyl (C=O) groups is 5. The number of carbonyl (C=O) groups excluding carboxylic acids is 4. The number of unbranched alkanes of at least 4 members (excludes halogenated alkanes) is 1. The summed E-state index contributed by atoms with van der Waals surface area (Å²) in [5, 5.41) is 12.3. The maximum Gasteiger partial charge on any atom is 0.407 e. The number of alkyl carbamates (subject to hydrolysis) is 1. The summed E-state index contributed by atoms with van der Waals surface area (Å²) >= 11 is 0. The normalized spacial score (nSPS) is 21.8. The maximum absolute atomic E-state index is 12.5. The second kappa shape index (κ2) is 16.2. The Morgan fingerprint density at radius 2 is 1.39 bits per heavy atom. The van der Waals surface area contributed by atoms with Crippen LogP contribution in [0.2, 0.25) is 0 Å². The molecule has 2 aliphatic rings. The van der Waals surface area contributed by atoms with Gasteiger partial charge in [-0.1, -0.05) is 48.5 Å². The third-order valence-corrected chi connectivity index (χ3v) is 7.70. The molecule has 248 valence electrons. The van der Waals surface area contributed by atoms with Gasteiger partial charge in [0.25, 0.3) is 0 Å². The highest BCUT2D eigenvalue weighted by Crippen LogP contribution is 2.44. The van der Waals surface area contributed by atoms with Crippen molar-refractivity contribution in [2.24, 2.45) is 5.92 Å². The summed E-state index contributed by atoms with van der Waals surface area (Å²) < 4.78 is 33.2. The van der Waals surface area contributed by atoms with Crippen molar-refractivity contribution in [2.45, 2.75) is 70.6 Å². The first-order chi connectivity index (χ1) is 22.0. The smallest absolute Gasteiger partial charge is 0.407 e. The molecule has 1 aliphatic heterocycles. The number of carboxylic acid groups (broad SMARTS) is 1. The molecule has 0 aromatic heterocycles. The van der Waals surface area contributed by atoms with Gasteiger partial charge in [-0.25, -0.2) is 4.79 Å². The highest BCUT2D eigenvalue weighted by molar-refractivity contribution is 5.79. The number of esters is 3. The summed E-state index contributed by atoms with van der Waals surface area (Å²) in [6.07, 6.45) is -4.90. The standard InChI is InChI=1S/C33H39NO12/c1-19(35)42-18-28-31(45-21(3)37)30(44-20(2)36)26(16-29(38)39)32(46-28)41-15-9-8-14-34-33(40)43-17-27-24-12-6-4-10-22(24)23-11-5-7-13-25(23)27/h4-7,10-13,26-28,30-32H,8-9,14-18H2,1-3H3,(H,34,40)(H,38,39)/t26-,28+,30-,31-,32-/m0/s1. The summed E-state index contributed by atoms with van der Waals surface area (Å²) in [6.45, 7) is 3.69. The molecule has 1 amide bonds. The zero-order valence-corrected chi connectivity index (χ0v) is 26.0. The molecule has 46 heavy (non-hydrogen) atoms. The minimum Gasteiger partial charge on any atom is -0.481 e. The zero-order valence-electron chi connectivity index (χ0n) is 26.0.